The predicted octanol–water partition coefficient (Wildman–Crippen LogP) is 3.18. The van der Waals surface area contributed by atoms with Crippen LogP contribution in [0.5, 0.6) is 0 Å². The summed E-state index contributed by atoms with van der Waals surface area (Å²) in [7, 11) is 0. The molecule has 1 rings (SSSR count). The molecule has 0 spiro atoms. The highest BCUT2D eigenvalue weighted by molar-refractivity contribution is 5.60. The number of carboxylic acid groups (broad SMARTS) is 1. The van der Waals surface area contributed by atoms with E-state index >= 15 is 0 Å². The number of rotatable bonds is 9. The van der Waals surface area contributed by atoms with Crippen molar-refractivity contribution in [3.05, 3.63) is 30.1 Å². The van der Waals surface area contributed by atoms with Gasteiger partial charge in [0, 0.05) is 24.0 Å². The normalized spacial score (nSPS) is 9.86. The fourth-order valence-electron chi connectivity index (χ4n) is 2.22. The second kappa shape index (κ2) is 13.6. The van der Waals surface area contributed by atoms with Gasteiger partial charge in [0.25, 0.3) is 0 Å². The van der Waals surface area contributed by atoms with Gasteiger partial charge >= 0.3 is 0 Å². The van der Waals surface area contributed by atoms with Crippen molar-refractivity contribution in [3.8, 4) is 0 Å². The van der Waals surface area contributed by atoms with Crippen molar-refractivity contribution < 1.29 is 14.5 Å². The Balaban J connectivity index is 0.000000885. The van der Waals surface area contributed by atoms with Crippen LogP contribution in [0.1, 0.15) is 70.8 Å². The maximum Gasteiger partial charge on any atom is 0.171 e. The quantitative estimate of drug-likeness (QED) is 0.518. The second-order valence-electron chi connectivity index (χ2n) is 5.59. The van der Waals surface area contributed by atoms with Gasteiger partial charge in [-0.25, -0.2) is 4.57 Å². The number of aliphatic carboxylic acids is 1. The molecule has 0 aliphatic carbocycles. The fourth-order valence-corrected chi connectivity index (χ4v) is 2.22. The molecule has 1 aromatic rings. The van der Waals surface area contributed by atoms with Gasteiger partial charge in [0.05, 0.1) is 0 Å². The highest BCUT2D eigenvalue weighted by Crippen LogP contribution is 2.08. The fraction of sp³-hybridized carbons (Fsp3) is 0.667. The minimum absolute atomic E-state index is 0.972. The van der Waals surface area contributed by atoms with E-state index in [0.29, 0.717) is 0 Å². The molecular weight excluding hydrogens is 262 g/mol. The maximum absolute atomic E-state index is 8.89. The van der Waals surface area contributed by atoms with E-state index in [9.17, 15) is 0 Å². The Morgan fingerprint density at radius 2 is 1.62 bits per heavy atom. The third-order valence-electron chi connectivity index (χ3n) is 3.28. The molecule has 0 amide bonds. The van der Waals surface area contributed by atoms with E-state index in [1.54, 1.807) is 0 Å². The summed E-state index contributed by atoms with van der Waals surface area (Å²) in [5.74, 6) is -1.08. The number of carbonyl (C=O) groups is 1. The number of pyridine rings is 1. The van der Waals surface area contributed by atoms with Gasteiger partial charge in [0.2, 0.25) is 0 Å². The molecule has 0 saturated carbocycles. The predicted molar refractivity (Wildman–Crippen MR) is 84.7 cm³/mol. The van der Waals surface area contributed by atoms with E-state index in [2.05, 4.69) is 42.9 Å². The molecule has 3 heteroatoms. The first-order valence-corrected chi connectivity index (χ1v) is 8.19. The largest absolute Gasteiger partial charge is 0.550 e. The van der Waals surface area contributed by atoms with Crippen molar-refractivity contribution in [2.45, 2.75) is 78.7 Å². The van der Waals surface area contributed by atoms with Crippen molar-refractivity contribution >= 4 is 5.97 Å². The molecule has 0 aliphatic heterocycles. The molecule has 1 heterocycles. The third-order valence-corrected chi connectivity index (χ3v) is 3.28. The molecule has 0 fully saturated rings. The molecule has 21 heavy (non-hydrogen) atoms. The number of aromatic nitrogens is 1. The summed E-state index contributed by atoms with van der Waals surface area (Å²) in [5, 5.41) is 8.89. The van der Waals surface area contributed by atoms with Crippen LogP contribution in [0, 0.1) is 6.92 Å². The molecule has 0 bridgehead atoms. The van der Waals surface area contributed by atoms with Gasteiger partial charge < -0.3 is 9.90 Å². The van der Waals surface area contributed by atoms with Crippen LogP contribution in [-0.2, 0) is 11.3 Å². The van der Waals surface area contributed by atoms with Crippen LogP contribution < -0.4 is 9.67 Å². The molecule has 0 atom stereocenters. The Kier molecular flexibility index (Phi) is 12.7. The minimum atomic E-state index is -1.08. The molecule has 120 valence electrons. The summed E-state index contributed by atoms with van der Waals surface area (Å²) < 4.78 is 2.31. The lowest BCUT2D eigenvalue weighted by atomic mass is 10.1. The first-order valence-electron chi connectivity index (χ1n) is 8.19. The van der Waals surface area contributed by atoms with Gasteiger partial charge in [-0.15, -0.1) is 0 Å². The Labute approximate surface area is 130 Å². The number of aryl methyl sites for hydroxylation is 2. The topological polar surface area (TPSA) is 44.0 Å². The standard InChI is InChI=1S/C16H28N.C2H4O2/c1-3-4-5-6-7-8-9-10-13-17-14-11-12-16(2)15-17;1-2(3)4/h11-12,14-15H,3-10,13H2,1-2H3;1H3,(H,3,4)/q+1;/p-1. The first-order chi connectivity index (χ1) is 10.1. The molecule has 1 aromatic heterocycles. The Morgan fingerprint density at radius 1 is 1.10 bits per heavy atom. The van der Waals surface area contributed by atoms with E-state index in [0.717, 1.165) is 6.92 Å². The van der Waals surface area contributed by atoms with E-state index in [1.165, 1.54) is 63.5 Å². The van der Waals surface area contributed by atoms with Gasteiger partial charge in [-0.05, 0) is 26.3 Å². The van der Waals surface area contributed by atoms with Crippen LogP contribution in [-0.4, -0.2) is 5.97 Å². The molecule has 0 N–H and O–H groups in total. The van der Waals surface area contributed by atoms with E-state index in [-0.39, 0.29) is 0 Å². The van der Waals surface area contributed by atoms with Crippen LogP contribution >= 0.6 is 0 Å². The summed E-state index contributed by atoms with van der Waals surface area (Å²) in [4.78, 5) is 8.89. The van der Waals surface area contributed by atoms with Crippen molar-refractivity contribution in [1.29, 1.82) is 0 Å². The lowest BCUT2D eigenvalue weighted by molar-refractivity contribution is -0.697. The lowest BCUT2D eigenvalue weighted by Crippen LogP contribution is -2.32. The average molecular weight is 293 g/mol. The monoisotopic (exact) mass is 293 g/mol. The van der Waals surface area contributed by atoms with Crippen LogP contribution in [0.2, 0.25) is 0 Å². The van der Waals surface area contributed by atoms with E-state index in [4.69, 9.17) is 9.90 Å². The third kappa shape index (κ3) is 14.8. The molecule has 0 unspecified atom stereocenters. The van der Waals surface area contributed by atoms with Crippen molar-refractivity contribution in [2.75, 3.05) is 0 Å². The van der Waals surface area contributed by atoms with Gasteiger partial charge in [-0.3, -0.25) is 0 Å². The van der Waals surface area contributed by atoms with Crippen molar-refractivity contribution in [1.82, 2.24) is 0 Å². The zero-order valence-electron chi connectivity index (χ0n) is 13.9. The van der Waals surface area contributed by atoms with Crippen LogP contribution in [0.3, 0.4) is 0 Å². The minimum Gasteiger partial charge on any atom is -0.550 e. The molecule has 0 aromatic carbocycles. The first kappa shape index (κ1) is 19.6. The summed E-state index contributed by atoms with van der Waals surface area (Å²) >= 11 is 0. The lowest BCUT2D eigenvalue weighted by Gasteiger charge is -2.00. The summed E-state index contributed by atoms with van der Waals surface area (Å²) in [5.41, 5.74) is 1.35. The van der Waals surface area contributed by atoms with E-state index < -0.39 is 5.97 Å². The highest BCUT2D eigenvalue weighted by Gasteiger charge is 1.99. The summed E-state index contributed by atoms with van der Waals surface area (Å²) in [6.45, 7) is 6.58. The van der Waals surface area contributed by atoms with Gasteiger partial charge in [0.1, 0.15) is 6.54 Å². The molecule has 3 nitrogen and oxygen atoms in total. The second-order valence-corrected chi connectivity index (χ2v) is 5.59. The Morgan fingerprint density at radius 3 is 2.14 bits per heavy atom. The van der Waals surface area contributed by atoms with Crippen LogP contribution in [0.15, 0.2) is 24.5 Å². The van der Waals surface area contributed by atoms with Gasteiger partial charge in [-0.1, -0.05) is 45.4 Å². The average Bonchev–Trinajstić information content (AvgIpc) is 2.41. The number of carboxylic acids is 1. The number of carbonyl (C=O) groups excluding carboxylic acids is 1. The summed E-state index contributed by atoms with van der Waals surface area (Å²) in [6.07, 6.45) is 15.6. The van der Waals surface area contributed by atoms with Crippen molar-refractivity contribution in [3.63, 3.8) is 0 Å². The highest BCUT2D eigenvalue weighted by atomic mass is 16.4. The SMILES string of the molecule is CC(=O)[O-].CCCCCCCCCC[n+]1cccc(C)c1. The smallest absolute Gasteiger partial charge is 0.171 e. The summed E-state index contributed by atoms with van der Waals surface area (Å²) in [6, 6.07) is 4.30. The number of nitrogens with zero attached hydrogens (tertiary/aromatic N) is 1. The zero-order chi connectivity index (χ0) is 15.9. The van der Waals surface area contributed by atoms with E-state index in [1.807, 2.05) is 0 Å². The van der Waals surface area contributed by atoms with Crippen LogP contribution in [0.25, 0.3) is 0 Å². The number of hydrogen-bond donors (Lipinski definition) is 0. The maximum atomic E-state index is 8.89. The molecule has 0 aliphatic rings. The Hall–Kier alpha value is -1.38. The van der Waals surface area contributed by atoms with Crippen LogP contribution in [0.4, 0.5) is 0 Å². The molecule has 0 radical (unpaired) electrons. The van der Waals surface area contributed by atoms with Gasteiger partial charge in [-0.2, -0.15) is 0 Å². The van der Waals surface area contributed by atoms with Crippen molar-refractivity contribution in [2.24, 2.45) is 0 Å². The number of hydrogen-bond acceptors (Lipinski definition) is 2. The molecule has 0 saturated heterocycles. The number of unbranched alkanes of at least 4 members (excludes halogenated alkanes) is 7. The Bertz CT molecular complexity index is 373. The van der Waals surface area contributed by atoms with Gasteiger partial charge in [0.15, 0.2) is 12.4 Å². The zero-order valence-corrected chi connectivity index (χ0v) is 13.9. The molecular formula is C18H31NO2.